The molecule has 1 unspecified atom stereocenters. The van der Waals surface area contributed by atoms with Crippen molar-refractivity contribution in [2.24, 2.45) is 0 Å². The molecule has 4 rings (SSSR count). The highest BCUT2D eigenvalue weighted by atomic mass is 79.9. The van der Waals surface area contributed by atoms with Crippen LogP contribution in [0.4, 0.5) is 4.39 Å². The summed E-state index contributed by atoms with van der Waals surface area (Å²) in [5.74, 6) is -0.582. The van der Waals surface area contributed by atoms with Gasteiger partial charge in [0.1, 0.15) is 5.82 Å². The van der Waals surface area contributed by atoms with Crippen LogP contribution in [0.5, 0.6) is 0 Å². The first kappa shape index (κ1) is 15.4. The maximum absolute atomic E-state index is 13.6. The Bertz CT molecular complexity index is 860. The Hall–Kier alpha value is -1.18. The molecule has 0 aliphatic carbocycles. The normalized spacial score (nSPS) is 25.9. The number of halogens is 2. The van der Waals surface area contributed by atoms with E-state index in [-0.39, 0.29) is 17.5 Å². The summed E-state index contributed by atoms with van der Waals surface area (Å²) in [7, 11) is -3.32. The van der Waals surface area contributed by atoms with Crippen LogP contribution in [0.2, 0.25) is 0 Å². The number of dihydropyridines is 1. The predicted octanol–water partition coefficient (Wildman–Crippen LogP) is 2.98. The SMILES string of the molecule is O=S1(=O)CCCC2=C1C(c1ccc(F)c(Br)c1)C1=C(COC1)N2. The van der Waals surface area contributed by atoms with Crippen LogP contribution < -0.4 is 5.32 Å². The lowest BCUT2D eigenvalue weighted by atomic mass is 9.86. The molecule has 1 N–H and O–H groups in total. The average molecular weight is 400 g/mol. The van der Waals surface area contributed by atoms with Gasteiger partial charge in [-0.2, -0.15) is 0 Å². The Morgan fingerprint density at radius 1 is 1.26 bits per heavy atom. The van der Waals surface area contributed by atoms with E-state index in [1.807, 2.05) is 0 Å². The molecule has 7 heteroatoms. The van der Waals surface area contributed by atoms with E-state index in [9.17, 15) is 12.8 Å². The number of allylic oxidation sites excluding steroid dienone is 2. The fourth-order valence-corrected chi connectivity index (χ4v) is 5.85. The first-order valence-corrected chi connectivity index (χ1v) is 9.89. The van der Waals surface area contributed by atoms with E-state index < -0.39 is 9.84 Å². The molecule has 1 aromatic rings. The molecule has 3 aliphatic rings. The largest absolute Gasteiger partial charge is 0.371 e. The first-order valence-electron chi connectivity index (χ1n) is 7.45. The highest BCUT2D eigenvalue weighted by Crippen LogP contribution is 2.45. The molecule has 0 spiro atoms. The molecule has 0 saturated carbocycles. The van der Waals surface area contributed by atoms with Crippen molar-refractivity contribution < 1.29 is 17.5 Å². The Kier molecular flexibility index (Phi) is 3.62. The van der Waals surface area contributed by atoms with Crippen molar-refractivity contribution in [3.63, 3.8) is 0 Å². The number of hydrogen-bond acceptors (Lipinski definition) is 4. The molecule has 0 aromatic heterocycles. The zero-order chi connectivity index (χ0) is 16.2. The maximum atomic E-state index is 13.6. The summed E-state index contributed by atoms with van der Waals surface area (Å²) in [6.07, 6.45) is 1.33. The van der Waals surface area contributed by atoms with Gasteiger partial charge in [0.25, 0.3) is 0 Å². The second-order valence-electron chi connectivity index (χ2n) is 5.99. The van der Waals surface area contributed by atoms with Crippen LogP contribution in [-0.4, -0.2) is 27.4 Å². The van der Waals surface area contributed by atoms with Crippen molar-refractivity contribution >= 4 is 25.8 Å². The summed E-state index contributed by atoms with van der Waals surface area (Å²) >= 11 is 3.20. The number of nitrogens with one attached hydrogen (secondary N) is 1. The van der Waals surface area contributed by atoms with Crippen LogP contribution >= 0.6 is 15.9 Å². The lowest BCUT2D eigenvalue weighted by Crippen LogP contribution is -2.33. The lowest BCUT2D eigenvalue weighted by Gasteiger charge is -2.33. The van der Waals surface area contributed by atoms with E-state index in [2.05, 4.69) is 21.2 Å². The standard InChI is InChI=1S/C16H15BrFNO3S/c17-11-6-9(3-4-12(11)18)15-10-7-22-8-14(10)19-13-2-1-5-23(20,21)16(13)15/h3-4,6,15,19H,1-2,5,7-8H2. The van der Waals surface area contributed by atoms with E-state index >= 15 is 0 Å². The fourth-order valence-electron chi connectivity index (χ4n) is 3.54. The smallest absolute Gasteiger partial charge is 0.177 e. The van der Waals surface area contributed by atoms with Gasteiger partial charge in [-0.05, 0) is 52.0 Å². The number of rotatable bonds is 1. The summed E-state index contributed by atoms with van der Waals surface area (Å²) in [6.45, 7) is 0.860. The molecule has 0 fully saturated rings. The van der Waals surface area contributed by atoms with E-state index in [1.54, 1.807) is 12.1 Å². The van der Waals surface area contributed by atoms with Crippen molar-refractivity contribution in [3.05, 3.63) is 55.9 Å². The molecular weight excluding hydrogens is 385 g/mol. The van der Waals surface area contributed by atoms with Gasteiger partial charge in [-0.25, -0.2) is 12.8 Å². The molecule has 0 radical (unpaired) electrons. The summed E-state index contributed by atoms with van der Waals surface area (Å²) in [5, 5.41) is 3.27. The fraction of sp³-hybridized carbons (Fsp3) is 0.375. The minimum absolute atomic E-state index is 0.163. The van der Waals surface area contributed by atoms with Crippen LogP contribution in [-0.2, 0) is 14.6 Å². The van der Waals surface area contributed by atoms with Gasteiger partial charge in [-0.1, -0.05) is 6.07 Å². The topological polar surface area (TPSA) is 55.4 Å². The molecule has 4 nitrogen and oxygen atoms in total. The summed E-state index contributed by atoms with van der Waals surface area (Å²) < 4.78 is 44.8. The van der Waals surface area contributed by atoms with Crippen LogP contribution in [0.1, 0.15) is 24.3 Å². The van der Waals surface area contributed by atoms with Crippen LogP contribution in [0.15, 0.2) is 44.5 Å². The Labute approximate surface area is 142 Å². The minimum Gasteiger partial charge on any atom is -0.371 e. The number of ether oxygens (including phenoxy) is 1. The molecule has 0 saturated heterocycles. The predicted molar refractivity (Wildman–Crippen MR) is 87.9 cm³/mol. The molecule has 0 bridgehead atoms. The molecule has 3 aliphatic heterocycles. The van der Waals surface area contributed by atoms with E-state index in [1.165, 1.54) is 6.07 Å². The van der Waals surface area contributed by atoms with Crippen LogP contribution in [0.3, 0.4) is 0 Å². The van der Waals surface area contributed by atoms with Crippen molar-refractivity contribution in [1.82, 2.24) is 5.32 Å². The minimum atomic E-state index is -3.32. The Balaban J connectivity index is 1.93. The van der Waals surface area contributed by atoms with E-state index in [0.717, 1.165) is 22.5 Å². The van der Waals surface area contributed by atoms with Gasteiger partial charge >= 0.3 is 0 Å². The summed E-state index contributed by atoms with van der Waals surface area (Å²) in [4.78, 5) is 0.437. The van der Waals surface area contributed by atoms with Crippen molar-refractivity contribution in [2.75, 3.05) is 19.0 Å². The maximum Gasteiger partial charge on any atom is 0.177 e. The van der Waals surface area contributed by atoms with E-state index in [4.69, 9.17) is 4.74 Å². The number of benzene rings is 1. The Morgan fingerprint density at radius 2 is 2.09 bits per heavy atom. The van der Waals surface area contributed by atoms with Crippen molar-refractivity contribution in [3.8, 4) is 0 Å². The van der Waals surface area contributed by atoms with Crippen molar-refractivity contribution in [2.45, 2.75) is 18.8 Å². The highest BCUT2D eigenvalue weighted by molar-refractivity contribution is 9.10. The quantitative estimate of drug-likeness (QED) is 0.788. The first-order chi connectivity index (χ1) is 11.0. The molecule has 122 valence electrons. The van der Waals surface area contributed by atoms with Gasteiger partial charge in [0.05, 0.1) is 28.3 Å². The molecule has 0 amide bonds. The molecular formula is C16H15BrFNO3S. The van der Waals surface area contributed by atoms with E-state index in [0.29, 0.717) is 35.4 Å². The third-order valence-corrected chi connectivity index (χ3v) is 7.14. The van der Waals surface area contributed by atoms with Crippen molar-refractivity contribution in [1.29, 1.82) is 0 Å². The molecule has 23 heavy (non-hydrogen) atoms. The van der Waals surface area contributed by atoms with Gasteiger partial charge in [0.2, 0.25) is 0 Å². The summed E-state index contributed by atoms with van der Waals surface area (Å²) in [5.41, 5.74) is 3.43. The zero-order valence-corrected chi connectivity index (χ0v) is 14.6. The molecule has 1 atom stereocenters. The average Bonchev–Trinajstić information content (AvgIpc) is 2.96. The Morgan fingerprint density at radius 3 is 2.87 bits per heavy atom. The van der Waals surface area contributed by atoms with Gasteiger partial charge in [0, 0.05) is 17.3 Å². The third kappa shape index (κ3) is 2.45. The molecule has 3 heterocycles. The monoisotopic (exact) mass is 399 g/mol. The highest BCUT2D eigenvalue weighted by Gasteiger charge is 2.41. The van der Waals surface area contributed by atoms with Gasteiger partial charge in [0.15, 0.2) is 9.84 Å². The lowest BCUT2D eigenvalue weighted by molar-refractivity contribution is 0.201. The zero-order valence-electron chi connectivity index (χ0n) is 12.2. The van der Waals surface area contributed by atoms with Crippen LogP contribution in [0, 0.1) is 5.82 Å². The number of sulfone groups is 1. The summed E-state index contributed by atoms with van der Waals surface area (Å²) in [6, 6.07) is 4.70. The van der Waals surface area contributed by atoms with Gasteiger partial charge in [-0.3, -0.25) is 0 Å². The molecule has 1 aromatic carbocycles. The second-order valence-corrected chi connectivity index (χ2v) is 8.93. The second kappa shape index (κ2) is 5.43. The van der Waals surface area contributed by atoms with Gasteiger partial charge < -0.3 is 10.1 Å². The van der Waals surface area contributed by atoms with Gasteiger partial charge in [-0.15, -0.1) is 0 Å². The third-order valence-electron chi connectivity index (χ3n) is 4.55. The number of hydrogen-bond donors (Lipinski definition) is 1. The van der Waals surface area contributed by atoms with Crippen LogP contribution in [0.25, 0.3) is 0 Å².